The molecule has 0 atom stereocenters. The number of ether oxygens (including phenoxy) is 3. The lowest BCUT2D eigenvalue weighted by molar-refractivity contribution is -0.114. The van der Waals surface area contributed by atoms with Crippen LogP contribution < -0.4 is 19.1 Å². The summed E-state index contributed by atoms with van der Waals surface area (Å²) in [5, 5.41) is 2.58. The molecule has 1 fully saturated rings. The molecule has 1 N–H and O–H groups in total. The fourth-order valence-corrected chi connectivity index (χ4v) is 7.15. The van der Waals surface area contributed by atoms with E-state index in [0.717, 1.165) is 28.6 Å². The van der Waals surface area contributed by atoms with Gasteiger partial charge in [-0.2, -0.15) is 4.31 Å². The predicted octanol–water partition coefficient (Wildman–Crippen LogP) is 3.09. The number of carbonyl (C=O) groups excluding carboxylic acids is 1. The maximum absolute atomic E-state index is 13.6. The van der Waals surface area contributed by atoms with Gasteiger partial charge in [-0.3, -0.25) is 9.10 Å². The number of nitrogens with one attached hydrogen (secondary N) is 1. The molecule has 0 aliphatic carbocycles. The van der Waals surface area contributed by atoms with Gasteiger partial charge in [0, 0.05) is 18.8 Å². The third kappa shape index (κ3) is 6.96. The standard InChI is InChI=1S/C27H30FN3O8S2/c1-3-39-23-9-7-22(8-10-23)31(40(33,34)24-11-4-20(28)5-12-24)19-27(32)29-21-6-13-25(37-2)26(18-21)41(35,36)30-14-16-38-17-15-30/h4-13,18H,3,14-17,19H2,1-2H3,(H,29,32). The van der Waals surface area contributed by atoms with Crippen molar-refractivity contribution in [2.45, 2.75) is 16.7 Å². The highest BCUT2D eigenvalue weighted by Crippen LogP contribution is 2.31. The van der Waals surface area contributed by atoms with Crippen LogP contribution in [0.4, 0.5) is 15.8 Å². The zero-order valence-corrected chi connectivity index (χ0v) is 24.1. The summed E-state index contributed by atoms with van der Waals surface area (Å²) in [4.78, 5) is 12.8. The molecule has 0 unspecified atom stereocenters. The Morgan fingerprint density at radius 2 is 1.66 bits per heavy atom. The Bertz CT molecular complexity index is 1580. The molecule has 3 aromatic rings. The number of halogens is 1. The molecule has 11 nitrogen and oxygen atoms in total. The zero-order valence-electron chi connectivity index (χ0n) is 22.4. The predicted molar refractivity (Wildman–Crippen MR) is 150 cm³/mol. The van der Waals surface area contributed by atoms with E-state index in [1.807, 2.05) is 0 Å². The van der Waals surface area contributed by atoms with Crippen LogP contribution in [0, 0.1) is 5.82 Å². The van der Waals surface area contributed by atoms with Gasteiger partial charge in [-0.1, -0.05) is 0 Å². The van der Waals surface area contributed by atoms with Crippen LogP contribution in [-0.4, -0.2) is 73.6 Å². The molecule has 3 aromatic carbocycles. The van der Waals surface area contributed by atoms with Crippen LogP contribution in [0.1, 0.15) is 6.92 Å². The first kappa shape index (κ1) is 30.2. The maximum Gasteiger partial charge on any atom is 0.264 e. The van der Waals surface area contributed by atoms with Crippen LogP contribution in [0.3, 0.4) is 0 Å². The number of hydrogen-bond acceptors (Lipinski definition) is 8. The number of amides is 1. The number of benzene rings is 3. The second-order valence-corrected chi connectivity index (χ2v) is 12.6. The number of rotatable bonds is 11. The highest BCUT2D eigenvalue weighted by molar-refractivity contribution is 7.92. The summed E-state index contributed by atoms with van der Waals surface area (Å²) >= 11 is 0. The summed E-state index contributed by atoms with van der Waals surface area (Å²) in [6.07, 6.45) is 0. The van der Waals surface area contributed by atoms with Crippen molar-refractivity contribution >= 4 is 37.3 Å². The van der Waals surface area contributed by atoms with E-state index in [9.17, 15) is 26.0 Å². The quantitative estimate of drug-likeness (QED) is 0.352. The summed E-state index contributed by atoms with van der Waals surface area (Å²) in [5.41, 5.74) is 0.284. The molecule has 0 saturated carbocycles. The van der Waals surface area contributed by atoms with E-state index in [2.05, 4.69) is 5.32 Å². The number of anilines is 2. The van der Waals surface area contributed by atoms with Crippen molar-refractivity contribution in [3.05, 3.63) is 72.5 Å². The Hall–Kier alpha value is -3.72. The molecule has 1 aliphatic rings. The highest BCUT2D eigenvalue weighted by Gasteiger charge is 2.31. The van der Waals surface area contributed by atoms with E-state index >= 15 is 0 Å². The van der Waals surface area contributed by atoms with Gasteiger partial charge in [0.05, 0.1) is 37.5 Å². The average Bonchev–Trinajstić information content (AvgIpc) is 2.97. The summed E-state index contributed by atoms with van der Waals surface area (Å²) in [6.45, 7) is 2.39. The summed E-state index contributed by atoms with van der Waals surface area (Å²) < 4.78 is 85.3. The fraction of sp³-hybridized carbons (Fsp3) is 0.296. The van der Waals surface area contributed by atoms with Crippen molar-refractivity contribution in [3.8, 4) is 11.5 Å². The van der Waals surface area contributed by atoms with E-state index in [-0.39, 0.29) is 53.2 Å². The third-order valence-corrected chi connectivity index (χ3v) is 9.87. The average molecular weight is 608 g/mol. The van der Waals surface area contributed by atoms with Crippen LogP contribution >= 0.6 is 0 Å². The molecule has 14 heteroatoms. The van der Waals surface area contributed by atoms with Crippen LogP contribution in [0.25, 0.3) is 0 Å². The molecule has 1 saturated heterocycles. The fourth-order valence-electron chi connectivity index (χ4n) is 4.14. The van der Waals surface area contributed by atoms with Gasteiger partial charge in [-0.05, 0) is 73.7 Å². The minimum atomic E-state index is -4.31. The molecule has 220 valence electrons. The summed E-state index contributed by atoms with van der Waals surface area (Å²) in [6, 6.07) is 14.5. The van der Waals surface area contributed by atoms with E-state index in [4.69, 9.17) is 14.2 Å². The van der Waals surface area contributed by atoms with Gasteiger partial charge in [-0.15, -0.1) is 0 Å². The molecule has 0 bridgehead atoms. The number of carbonyl (C=O) groups is 1. The van der Waals surface area contributed by atoms with Gasteiger partial charge >= 0.3 is 0 Å². The number of sulfonamides is 2. The minimum Gasteiger partial charge on any atom is -0.495 e. The van der Waals surface area contributed by atoms with Crippen molar-refractivity contribution in [1.82, 2.24) is 4.31 Å². The van der Waals surface area contributed by atoms with Gasteiger partial charge in [-0.25, -0.2) is 21.2 Å². The van der Waals surface area contributed by atoms with Crippen LogP contribution in [0.15, 0.2) is 76.5 Å². The van der Waals surface area contributed by atoms with E-state index < -0.39 is 38.3 Å². The molecular formula is C27H30FN3O8S2. The summed E-state index contributed by atoms with van der Waals surface area (Å²) in [7, 11) is -6.95. The molecular weight excluding hydrogens is 577 g/mol. The van der Waals surface area contributed by atoms with Gasteiger partial charge in [0.15, 0.2) is 0 Å². The topological polar surface area (TPSA) is 132 Å². The van der Waals surface area contributed by atoms with Gasteiger partial charge in [0.25, 0.3) is 10.0 Å². The first-order valence-electron chi connectivity index (χ1n) is 12.6. The van der Waals surface area contributed by atoms with E-state index in [1.54, 1.807) is 19.1 Å². The van der Waals surface area contributed by atoms with Crippen molar-refractivity contribution < 1.29 is 40.2 Å². The SMILES string of the molecule is CCOc1ccc(N(CC(=O)Nc2ccc(OC)c(S(=O)(=O)N3CCOCC3)c2)S(=O)(=O)c2ccc(F)cc2)cc1. The smallest absolute Gasteiger partial charge is 0.264 e. The van der Waals surface area contributed by atoms with Crippen LogP contribution in [0.2, 0.25) is 0 Å². The lowest BCUT2D eigenvalue weighted by Gasteiger charge is -2.27. The Morgan fingerprint density at radius 1 is 1.00 bits per heavy atom. The van der Waals surface area contributed by atoms with E-state index in [1.165, 1.54) is 41.7 Å². The van der Waals surface area contributed by atoms with Gasteiger partial charge in [0.2, 0.25) is 15.9 Å². The Kier molecular flexibility index (Phi) is 9.48. The second kappa shape index (κ2) is 12.9. The normalized spacial score (nSPS) is 14.3. The number of hydrogen-bond donors (Lipinski definition) is 1. The number of methoxy groups -OCH3 is 1. The van der Waals surface area contributed by atoms with Crippen molar-refractivity contribution in [2.75, 3.05) is 56.2 Å². The lowest BCUT2D eigenvalue weighted by Crippen LogP contribution is -2.40. The first-order chi connectivity index (χ1) is 19.6. The van der Waals surface area contributed by atoms with Crippen LogP contribution in [-0.2, 0) is 29.6 Å². The van der Waals surface area contributed by atoms with Gasteiger partial charge < -0.3 is 19.5 Å². The number of morpholine rings is 1. The Balaban J connectivity index is 1.63. The highest BCUT2D eigenvalue weighted by atomic mass is 32.2. The molecule has 0 spiro atoms. The zero-order chi connectivity index (χ0) is 29.6. The molecule has 4 rings (SSSR count). The van der Waals surface area contributed by atoms with E-state index in [0.29, 0.717) is 12.4 Å². The minimum absolute atomic E-state index is 0.0874. The number of nitrogens with zero attached hydrogens (tertiary/aromatic N) is 2. The van der Waals surface area contributed by atoms with Crippen molar-refractivity contribution in [3.63, 3.8) is 0 Å². The Morgan fingerprint density at radius 3 is 2.27 bits per heavy atom. The Labute approximate surface area is 238 Å². The molecule has 1 aliphatic heterocycles. The molecule has 0 aromatic heterocycles. The monoisotopic (exact) mass is 607 g/mol. The molecule has 1 amide bonds. The largest absolute Gasteiger partial charge is 0.495 e. The van der Waals surface area contributed by atoms with Crippen LogP contribution in [0.5, 0.6) is 11.5 Å². The van der Waals surface area contributed by atoms with Gasteiger partial charge in [0.1, 0.15) is 28.8 Å². The van der Waals surface area contributed by atoms with Crippen molar-refractivity contribution in [2.24, 2.45) is 0 Å². The van der Waals surface area contributed by atoms with Crippen molar-refractivity contribution in [1.29, 1.82) is 0 Å². The third-order valence-electron chi connectivity index (χ3n) is 6.16. The molecule has 0 radical (unpaired) electrons. The second-order valence-electron chi connectivity index (χ2n) is 8.82. The first-order valence-corrected chi connectivity index (χ1v) is 15.5. The molecule has 1 heterocycles. The summed E-state index contributed by atoms with van der Waals surface area (Å²) in [5.74, 6) is -0.766. The lowest BCUT2D eigenvalue weighted by atomic mass is 10.3. The molecule has 41 heavy (non-hydrogen) atoms. The maximum atomic E-state index is 13.6.